The van der Waals surface area contributed by atoms with E-state index < -0.39 is 0 Å². The fraction of sp³-hybridized carbons (Fsp3) is 0.429. The van der Waals surface area contributed by atoms with Crippen molar-refractivity contribution in [2.45, 2.75) is 19.8 Å². The maximum atomic E-state index is 12.4. The van der Waals surface area contributed by atoms with E-state index >= 15 is 0 Å². The Hall–Kier alpha value is -2.24. The van der Waals surface area contributed by atoms with Crippen molar-refractivity contribution in [1.29, 1.82) is 0 Å². The first kappa shape index (κ1) is 12.8. The number of hydrogen-bond acceptors (Lipinski definition) is 4. The first-order valence-electron chi connectivity index (χ1n) is 6.87. The molecule has 1 atom stereocenters. The van der Waals surface area contributed by atoms with Crippen molar-refractivity contribution >= 4 is 5.91 Å². The van der Waals surface area contributed by atoms with E-state index in [-0.39, 0.29) is 5.91 Å². The molecule has 0 N–H and O–H groups in total. The average molecular weight is 271 g/mol. The van der Waals surface area contributed by atoms with Crippen molar-refractivity contribution in [1.82, 2.24) is 25.1 Å². The van der Waals surface area contributed by atoms with Gasteiger partial charge in [0.15, 0.2) is 0 Å². The van der Waals surface area contributed by atoms with Crippen LogP contribution in [0.4, 0.5) is 0 Å². The van der Waals surface area contributed by atoms with E-state index in [9.17, 15) is 4.79 Å². The number of amides is 1. The Morgan fingerprint density at radius 2 is 2.10 bits per heavy atom. The molecule has 1 aromatic carbocycles. The SMILES string of the molecule is C[C@H]1CCCN(C(=O)c2ccc(-n3cnnn3)cc2)C1. The molecule has 0 spiro atoms. The van der Waals surface area contributed by atoms with Crippen molar-refractivity contribution in [3.05, 3.63) is 36.2 Å². The maximum Gasteiger partial charge on any atom is 0.253 e. The summed E-state index contributed by atoms with van der Waals surface area (Å²) >= 11 is 0. The van der Waals surface area contributed by atoms with Gasteiger partial charge in [0, 0.05) is 18.7 Å². The summed E-state index contributed by atoms with van der Waals surface area (Å²) in [4.78, 5) is 14.4. The van der Waals surface area contributed by atoms with Crippen LogP contribution in [-0.4, -0.2) is 44.1 Å². The van der Waals surface area contributed by atoms with Crippen LogP contribution in [0.1, 0.15) is 30.1 Å². The number of benzene rings is 1. The van der Waals surface area contributed by atoms with Gasteiger partial charge in [0.1, 0.15) is 6.33 Å². The molecule has 1 amide bonds. The number of carbonyl (C=O) groups is 1. The number of carbonyl (C=O) groups excluding carboxylic acids is 1. The molecule has 0 saturated carbocycles. The van der Waals surface area contributed by atoms with Gasteiger partial charge in [-0.25, -0.2) is 4.68 Å². The zero-order valence-corrected chi connectivity index (χ0v) is 11.4. The van der Waals surface area contributed by atoms with Crippen molar-refractivity contribution in [3.63, 3.8) is 0 Å². The van der Waals surface area contributed by atoms with Gasteiger partial charge >= 0.3 is 0 Å². The molecule has 0 aliphatic carbocycles. The van der Waals surface area contributed by atoms with Gasteiger partial charge in [0.05, 0.1) is 5.69 Å². The van der Waals surface area contributed by atoms with Gasteiger partial charge in [-0.05, 0) is 53.5 Å². The van der Waals surface area contributed by atoms with Crippen LogP contribution in [0.2, 0.25) is 0 Å². The zero-order chi connectivity index (χ0) is 13.9. The molecular formula is C14H17N5O. The molecule has 2 heterocycles. The molecule has 6 heteroatoms. The standard InChI is InChI=1S/C14H17N5O/c1-11-3-2-8-18(9-11)14(20)12-4-6-13(7-5-12)19-10-15-16-17-19/h4-7,10-11H,2-3,8-9H2,1H3/t11-/m0/s1. The Balaban J connectivity index is 1.75. The highest BCUT2D eigenvalue weighted by molar-refractivity contribution is 5.94. The van der Waals surface area contributed by atoms with E-state index in [2.05, 4.69) is 22.4 Å². The highest BCUT2D eigenvalue weighted by Crippen LogP contribution is 2.18. The van der Waals surface area contributed by atoms with Crippen LogP contribution in [-0.2, 0) is 0 Å². The summed E-state index contributed by atoms with van der Waals surface area (Å²) in [5.74, 6) is 0.702. The minimum atomic E-state index is 0.111. The maximum absolute atomic E-state index is 12.4. The molecule has 0 bridgehead atoms. The lowest BCUT2D eigenvalue weighted by molar-refractivity contribution is 0.0683. The molecule has 1 saturated heterocycles. The van der Waals surface area contributed by atoms with Crippen LogP contribution in [0, 0.1) is 5.92 Å². The largest absolute Gasteiger partial charge is 0.338 e. The summed E-state index contributed by atoms with van der Waals surface area (Å²) in [6, 6.07) is 7.38. The van der Waals surface area contributed by atoms with Crippen LogP contribution in [0.5, 0.6) is 0 Å². The molecule has 20 heavy (non-hydrogen) atoms. The molecule has 1 aliphatic heterocycles. The van der Waals surface area contributed by atoms with Crippen molar-refractivity contribution in [2.24, 2.45) is 5.92 Å². The van der Waals surface area contributed by atoms with E-state index in [1.807, 2.05) is 29.2 Å². The number of aromatic nitrogens is 4. The lowest BCUT2D eigenvalue weighted by atomic mass is 9.99. The van der Waals surface area contributed by atoms with Crippen molar-refractivity contribution in [2.75, 3.05) is 13.1 Å². The van der Waals surface area contributed by atoms with Gasteiger partial charge in [-0.3, -0.25) is 4.79 Å². The number of nitrogens with zero attached hydrogens (tertiary/aromatic N) is 5. The van der Waals surface area contributed by atoms with Crippen molar-refractivity contribution < 1.29 is 4.79 Å². The van der Waals surface area contributed by atoms with Crippen molar-refractivity contribution in [3.8, 4) is 5.69 Å². The van der Waals surface area contributed by atoms with Crippen LogP contribution in [0.3, 0.4) is 0 Å². The normalized spacial score (nSPS) is 19.1. The van der Waals surface area contributed by atoms with E-state index in [0.717, 1.165) is 30.8 Å². The quantitative estimate of drug-likeness (QED) is 0.831. The third-order valence-electron chi connectivity index (χ3n) is 3.67. The summed E-state index contributed by atoms with van der Waals surface area (Å²) in [5.41, 5.74) is 1.56. The molecular weight excluding hydrogens is 254 g/mol. The third-order valence-corrected chi connectivity index (χ3v) is 3.67. The molecule has 104 valence electrons. The van der Waals surface area contributed by atoms with Crippen LogP contribution in [0.15, 0.2) is 30.6 Å². The van der Waals surface area contributed by atoms with E-state index in [1.165, 1.54) is 12.7 Å². The van der Waals surface area contributed by atoms with Gasteiger partial charge < -0.3 is 4.90 Å². The number of tetrazole rings is 1. The van der Waals surface area contributed by atoms with Gasteiger partial charge in [0.2, 0.25) is 0 Å². The van der Waals surface area contributed by atoms with E-state index in [4.69, 9.17) is 0 Å². The summed E-state index contributed by atoms with van der Waals surface area (Å²) in [6.07, 6.45) is 3.83. The summed E-state index contributed by atoms with van der Waals surface area (Å²) in [5, 5.41) is 11.0. The third kappa shape index (κ3) is 2.54. The zero-order valence-electron chi connectivity index (χ0n) is 11.4. The number of rotatable bonds is 2. The Kier molecular flexibility index (Phi) is 3.45. The topological polar surface area (TPSA) is 63.9 Å². The van der Waals surface area contributed by atoms with Gasteiger partial charge in [-0.15, -0.1) is 5.10 Å². The molecule has 1 aliphatic rings. The average Bonchev–Trinajstić information content (AvgIpc) is 3.01. The Morgan fingerprint density at radius 3 is 2.75 bits per heavy atom. The van der Waals surface area contributed by atoms with Gasteiger partial charge in [-0.2, -0.15) is 0 Å². The smallest absolute Gasteiger partial charge is 0.253 e. The fourth-order valence-electron chi connectivity index (χ4n) is 2.59. The lowest BCUT2D eigenvalue weighted by Gasteiger charge is -2.31. The number of hydrogen-bond donors (Lipinski definition) is 0. The number of likely N-dealkylation sites (tertiary alicyclic amines) is 1. The predicted molar refractivity (Wildman–Crippen MR) is 73.5 cm³/mol. The molecule has 6 nitrogen and oxygen atoms in total. The minimum Gasteiger partial charge on any atom is -0.338 e. The van der Waals surface area contributed by atoms with E-state index in [0.29, 0.717) is 5.92 Å². The number of piperidine rings is 1. The summed E-state index contributed by atoms with van der Waals surface area (Å²) in [6.45, 7) is 3.91. The minimum absolute atomic E-state index is 0.111. The summed E-state index contributed by atoms with van der Waals surface area (Å²) < 4.78 is 1.57. The molecule has 3 rings (SSSR count). The van der Waals surface area contributed by atoms with Gasteiger partial charge in [-0.1, -0.05) is 6.92 Å². The highest BCUT2D eigenvalue weighted by Gasteiger charge is 2.21. The Morgan fingerprint density at radius 1 is 1.30 bits per heavy atom. The Bertz CT molecular complexity index is 578. The first-order valence-corrected chi connectivity index (χ1v) is 6.87. The monoisotopic (exact) mass is 271 g/mol. The van der Waals surface area contributed by atoms with Crippen LogP contribution < -0.4 is 0 Å². The predicted octanol–water partition coefficient (Wildman–Crippen LogP) is 1.53. The second-order valence-corrected chi connectivity index (χ2v) is 5.30. The second-order valence-electron chi connectivity index (χ2n) is 5.30. The fourth-order valence-corrected chi connectivity index (χ4v) is 2.59. The molecule has 1 fully saturated rings. The highest BCUT2D eigenvalue weighted by atomic mass is 16.2. The molecule has 0 unspecified atom stereocenters. The molecule has 0 radical (unpaired) electrons. The second kappa shape index (κ2) is 5.40. The lowest BCUT2D eigenvalue weighted by Crippen LogP contribution is -2.39. The first-order chi connectivity index (χ1) is 9.74. The van der Waals surface area contributed by atoms with E-state index in [1.54, 1.807) is 4.68 Å². The van der Waals surface area contributed by atoms with Gasteiger partial charge in [0.25, 0.3) is 5.91 Å². The van der Waals surface area contributed by atoms with Crippen LogP contribution >= 0.6 is 0 Å². The molecule has 2 aromatic rings. The van der Waals surface area contributed by atoms with Crippen LogP contribution in [0.25, 0.3) is 5.69 Å². The molecule has 1 aromatic heterocycles. The summed E-state index contributed by atoms with van der Waals surface area (Å²) in [7, 11) is 0. The Labute approximate surface area is 117 Å².